The van der Waals surface area contributed by atoms with Crippen molar-refractivity contribution in [2.45, 2.75) is 26.2 Å². The number of nitrogens with one attached hydrogen (secondary N) is 1. The maximum Gasteiger partial charge on any atom is 0.0503 e. The predicted octanol–water partition coefficient (Wildman–Crippen LogP) is 1.82. The van der Waals surface area contributed by atoms with Crippen LogP contribution in [0.2, 0.25) is 0 Å². The van der Waals surface area contributed by atoms with Crippen LogP contribution in [0.5, 0.6) is 0 Å². The first-order chi connectivity index (χ1) is 7.28. The van der Waals surface area contributed by atoms with Gasteiger partial charge in [0.2, 0.25) is 0 Å². The van der Waals surface area contributed by atoms with Crippen LogP contribution in [0.3, 0.4) is 0 Å². The Hall–Kier alpha value is -0.380. The molecule has 1 aliphatic heterocycles. The number of hydrogen-bond donors (Lipinski definition) is 2. The third-order valence-electron chi connectivity index (χ3n) is 3.28. The summed E-state index contributed by atoms with van der Waals surface area (Å²) in [5.74, 6) is 0. The molecule has 2 nitrogen and oxygen atoms in total. The molecule has 1 aliphatic rings. The smallest absolute Gasteiger partial charge is 0.0503 e. The van der Waals surface area contributed by atoms with E-state index in [0.29, 0.717) is 6.61 Å². The molecule has 1 aromatic heterocycles. The maximum atomic E-state index is 9.51. The van der Waals surface area contributed by atoms with Crippen LogP contribution in [-0.2, 0) is 12.8 Å². The van der Waals surface area contributed by atoms with E-state index < -0.39 is 0 Å². The Morgan fingerprint density at radius 1 is 1.47 bits per heavy atom. The molecule has 0 spiro atoms. The van der Waals surface area contributed by atoms with Crippen LogP contribution < -0.4 is 5.32 Å². The van der Waals surface area contributed by atoms with Gasteiger partial charge < -0.3 is 10.4 Å². The summed E-state index contributed by atoms with van der Waals surface area (Å²) < 4.78 is 0. The Balaban J connectivity index is 2.05. The lowest BCUT2D eigenvalue weighted by Crippen LogP contribution is -2.30. The second kappa shape index (κ2) is 4.64. The molecule has 0 radical (unpaired) electrons. The van der Waals surface area contributed by atoms with Crippen molar-refractivity contribution in [1.82, 2.24) is 5.32 Å². The monoisotopic (exact) mass is 225 g/mol. The van der Waals surface area contributed by atoms with E-state index in [9.17, 15) is 5.11 Å². The second-order valence-electron chi connectivity index (χ2n) is 4.48. The molecule has 1 atom stereocenters. The first kappa shape index (κ1) is 11.1. The van der Waals surface area contributed by atoms with Crippen molar-refractivity contribution in [1.29, 1.82) is 0 Å². The number of rotatable bonds is 4. The average Bonchev–Trinajstić information content (AvgIpc) is 2.88. The molecule has 0 bridgehead atoms. The van der Waals surface area contributed by atoms with Gasteiger partial charge in [-0.3, -0.25) is 0 Å². The highest BCUT2D eigenvalue weighted by Crippen LogP contribution is 2.32. The SMILES string of the molecule is CCc1ccc(CC2(CO)CCNC2)s1. The molecule has 0 saturated carbocycles. The zero-order valence-electron chi connectivity index (χ0n) is 9.25. The summed E-state index contributed by atoms with van der Waals surface area (Å²) in [6.45, 7) is 4.50. The van der Waals surface area contributed by atoms with Gasteiger partial charge in [0.1, 0.15) is 0 Å². The summed E-state index contributed by atoms with van der Waals surface area (Å²) in [5.41, 5.74) is 0.107. The predicted molar refractivity (Wildman–Crippen MR) is 64.4 cm³/mol. The average molecular weight is 225 g/mol. The number of hydrogen-bond acceptors (Lipinski definition) is 3. The van der Waals surface area contributed by atoms with Crippen LogP contribution in [-0.4, -0.2) is 24.8 Å². The van der Waals surface area contributed by atoms with E-state index in [1.165, 1.54) is 9.75 Å². The van der Waals surface area contributed by atoms with Crippen LogP contribution in [0.1, 0.15) is 23.1 Å². The third-order valence-corrected chi connectivity index (χ3v) is 4.51. The Bertz CT molecular complexity index is 315. The molecule has 2 heterocycles. The highest BCUT2D eigenvalue weighted by molar-refractivity contribution is 7.11. The van der Waals surface area contributed by atoms with E-state index in [1.807, 2.05) is 11.3 Å². The zero-order valence-corrected chi connectivity index (χ0v) is 10.1. The van der Waals surface area contributed by atoms with Gasteiger partial charge in [0.15, 0.2) is 0 Å². The topological polar surface area (TPSA) is 32.3 Å². The van der Waals surface area contributed by atoms with E-state index in [2.05, 4.69) is 24.4 Å². The molecule has 84 valence electrons. The van der Waals surface area contributed by atoms with E-state index in [-0.39, 0.29) is 5.41 Å². The Morgan fingerprint density at radius 3 is 2.80 bits per heavy atom. The van der Waals surface area contributed by atoms with E-state index in [0.717, 1.165) is 32.4 Å². The number of aryl methyl sites for hydroxylation is 1. The van der Waals surface area contributed by atoms with Gasteiger partial charge in [-0.1, -0.05) is 6.92 Å². The lowest BCUT2D eigenvalue weighted by Gasteiger charge is -2.24. The minimum absolute atomic E-state index is 0.107. The molecule has 0 aromatic carbocycles. The van der Waals surface area contributed by atoms with Crippen LogP contribution in [0.25, 0.3) is 0 Å². The molecule has 0 aliphatic carbocycles. The van der Waals surface area contributed by atoms with Crippen LogP contribution >= 0.6 is 11.3 Å². The van der Waals surface area contributed by atoms with Crippen LogP contribution in [0.15, 0.2) is 12.1 Å². The highest BCUT2D eigenvalue weighted by Gasteiger charge is 2.33. The summed E-state index contributed by atoms with van der Waals surface area (Å²) in [6.07, 6.45) is 3.25. The number of aliphatic hydroxyl groups excluding tert-OH is 1. The van der Waals surface area contributed by atoms with Crippen molar-refractivity contribution in [2.75, 3.05) is 19.7 Å². The van der Waals surface area contributed by atoms with Gasteiger partial charge in [-0.25, -0.2) is 0 Å². The first-order valence-electron chi connectivity index (χ1n) is 5.67. The van der Waals surface area contributed by atoms with Gasteiger partial charge in [0.25, 0.3) is 0 Å². The molecule has 3 heteroatoms. The molecule has 1 saturated heterocycles. The molecule has 1 fully saturated rings. The summed E-state index contributed by atoms with van der Waals surface area (Å²) in [6, 6.07) is 4.44. The Morgan fingerprint density at radius 2 is 2.27 bits per heavy atom. The molecule has 1 aromatic rings. The summed E-state index contributed by atoms with van der Waals surface area (Å²) in [4.78, 5) is 2.87. The normalized spacial score (nSPS) is 26.0. The fraction of sp³-hybridized carbons (Fsp3) is 0.667. The molecule has 2 rings (SSSR count). The summed E-state index contributed by atoms with van der Waals surface area (Å²) in [7, 11) is 0. The van der Waals surface area contributed by atoms with Gasteiger partial charge in [0.05, 0.1) is 6.61 Å². The van der Waals surface area contributed by atoms with Gasteiger partial charge in [-0.2, -0.15) is 0 Å². The Labute approximate surface area is 95.3 Å². The van der Waals surface area contributed by atoms with Gasteiger partial charge in [-0.05, 0) is 37.9 Å². The van der Waals surface area contributed by atoms with Gasteiger partial charge in [0, 0.05) is 21.7 Å². The van der Waals surface area contributed by atoms with Crippen molar-refractivity contribution < 1.29 is 5.11 Å². The van der Waals surface area contributed by atoms with Crippen molar-refractivity contribution in [3.8, 4) is 0 Å². The van der Waals surface area contributed by atoms with E-state index >= 15 is 0 Å². The van der Waals surface area contributed by atoms with Gasteiger partial charge >= 0.3 is 0 Å². The molecule has 1 unspecified atom stereocenters. The van der Waals surface area contributed by atoms with Gasteiger partial charge in [-0.15, -0.1) is 11.3 Å². The zero-order chi connectivity index (χ0) is 10.7. The Kier molecular flexibility index (Phi) is 3.44. The van der Waals surface area contributed by atoms with E-state index in [4.69, 9.17) is 0 Å². The van der Waals surface area contributed by atoms with Crippen LogP contribution in [0, 0.1) is 5.41 Å². The summed E-state index contributed by atoms with van der Waals surface area (Å²) in [5, 5.41) is 12.9. The maximum absolute atomic E-state index is 9.51. The largest absolute Gasteiger partial charge is 0.396 e. The van der Waals surface area contributed by atoms with Crippen molar-refractivity contribution in [3.63, 3.8) is 0 Å². The fourth-order valence-corrected chi connectivity index (χ4v) is 3.35. The molecular formula is C12H19NOS. The standard InChI is InChI=1S/C12H19NOS/c1-2-10-3-4-11(15-10)7-12(9-14)5-6-13-8-12/h3-4,13-14H,2,5-9H2,1H3. The number of thiophene rings is 1. The molecular weight excluding hydrogens is 206 g/mol. The van der Waals surface area contributed by atoms with Crippen molar-refractivity contribution >= 4 is 11.3 Å². The van der Waals surface area contributed by atoms with E-state index in [1.54, 1.807) is 0 Å². The minimum atomic E-state index is 0.107. The quantitative estimate of drug-likeness (QED) is 0.819. The molecule has 15 heavy (non-hydrogen) atoms. The number of aliphatic hydroxyl groups is 1. The molecule has 0 amide bonds. The lowest BCUT2D eigenvalue weighted by atomic mass is 9.84. The van der Waals surface area contributed by atoms with Crippen molar-refractivity contribution in [3.05, 3.63) is 21.9 Å². The van der Waals surface area contributed by atoms with Crippen LogP contribution in [0.4, 0.5) is 0 Å². The van der Waals surface area contributed by atoms with Crippen molar-refractivity contribution in [2.24, 2.45) is 5.41 Å². The lowest BCUT2D eigenvalue weighted by molar-refractivity contribution is 0.143. The highest BCUT2D eigenvalue weighted by atomic mass is 32.1. The second-order valence-corrected chi connectivity index (χ2v) is 5.74. The summed E-state index contributed by atoms with van der Waals surface area (Å²) >= 11 is 1.89. The minimum Gasteiger partial charge on any atom is -0.396 e. The third kappa shape index (κ3) is 2.41. The molecule has 2 N–H and O–H groups in total. The first-order valence-corrected chi connectivity index (χ1v) is 6.49. The fourth-order valence-electron chi connectivity index (χ4n) is 2.21.